The molecule has 0 aromatic heterocycles. The minimum atomic E-state index is -0.651. The maximum Gasteiger partial charge on any atom is 0.341 e. The molecule has 0 spiro atoms. The smallest absolute Gasteiger partial charge is 0.341 e. The van der Waals surface area contributed by atoms with E-state index in [1.807, 2.05) is 24.3 Å². The first-order chi connectivity index (χ1) is 18.9. The quantitative estimate of drug-likeness (QED) is 0.157. The molecule has 0 heterocycles. The Morgan fingerprint density at radius 3 is 2.10 bits per heavy atom. The van der Waals surface area contributed by atoms with Gasteiger partial charge < -0.3 is 14.6 Å². The first-order valence-corrected chi connectivity index (χ1v) is 14.1. The lowest BCUT2D eigenvalue weighted by atomic mass is 9.68. The number of benzene rings is 2. The molecular formula is C34H40O5. The predicted octanol–water partition coefficient (Wildman–Crippen LogP) is 7.56. The molecule has 2 saturated carbocycles. The normalized spacial score (nSPS) is 23.2. The summed E-state index contributed by atoms with van der Waals surface area (Å²) in [5, 5.41) is 9.07. The summed E-state index contributed by atoms with van der Waals surface area (Å²) in [5.41, 5.74) is 3.03. The van der Waals surface area contributed by atoms with Gasteiger partial charge in [0, 0.05) is 6.08 Å². The van der Waals surface area contributed by atoms with Gasteiger partial charge >= 0.3 is 11.9 Å². The molecule has 39 heavy (non-hydrogen) atoms. The van der Waals surface area contributed by atoms with Gasteiger partial charge in [0.2, 0.25) is 0 Å². The molecule has 0 radical (unpaired) electrons. The van der Waals surface area contributed by atoms with E-state index in [0.29, 0.717) is 17.4 Å². The van der Waals surface area contributed by atoms with Crippen LogP contribution < -0.4 is 9.47 Å². The van der Waals surface area contributed by atoms with Crippen LogP contribution in [0.4, 0.5) is 0 Å². The number of carbonyl (C=O) groups excluding carboxylic acids is 2. The number of hydrogen-bond donors (Lipinski definition) is 1. The summed E-state index contributed by atoms with van der Waals surface area (Å²) in [4.78, 5) is 24.0. The van der Waals surface area contributed by atoms with E-state index in [0.717, 1.165) is 47.3 Å². The van der Waals surface area contributed by atoms with Crippen LogP contribution in [0.3, 0.4) is 0 Å². The molecule has 2 fully saturated rings. The molecule has 0 bridgehead atoms. The topological polar surface area (TPSA) is 72.8 Å². The minimum absolute atomic E-state index is 0.00410. The van der Waals surface area contributed by atoms with Crippen molar-refractivity contribution in [3.63, 3.8) is 0 Å². The second-order valence-electron chi connectivity index (χ2n) is 10.9. The number of aliphatic hydroxyl groups is 1. The Morgan fingerprint density at radius 2 is 1.51 bits per heavy atom. The van der Waals surface area contributed by atoms with E-state index < -0.39 is 18.5 Å². The summed E-state index contributed by atoms with van der Waals surface area (Å²) in [5.74, 6) is 2.59. The fraction of sp³-hybridized carbons (Fsp3) is 0.412. The van der Waals surface area contributed by atoms with E-state index in [9.17, 15) is 9.59 Å². The molecule has 0 aliphatic heterocycles. The lowest BCUT2D eigenvalue weighted by molar-refractivity contribution is -0.131. The zero-order valence-corrected chi connectivity index (χ0v) is 22.9. The van der Waals surface area contributed by atoms with E-state index in [1.54, 1.807) is 12.1 Å². The third-order valence-electron chi connectivity index (χ3n) is 8.42. The van der Waals surface area contributed by atoms with Crippen molar-refractivity contribution in [2.24, 2.45) is 17.8 Å². The van der Waals surface area contributed by atoms with Gasteiger partial charge in [-0.15, -0.1) is 0 Å². The number of hydrogen-bond acceptors (Lipinski definition) is 5. The van der Waals surface area contributed by atoms with Crippen molar-refractivity contribution in [2.45, 2.75) is 64.2 Å². The number of allylic oxidation sites excluding steroid dienone is 2. The summed E-state index contributed by atoms with van der Waals surface area (Å²) in [6, 6.07) is 13.2. The molecule has 1 N–H and O–H groups in total. The van der Waals surface area contributed by atoms with Crippen LogP contribution in [-0.4, -0.2) is 23.7 Å². The van der Waals surface area contributed by atoms with Crippen LogP contribution in [0.15, 0.2) is 79.4 Å². The molecule has 5 nitrogen and oxygen atoms in total. The van der Waals surface area contributed by atoms with Crippen LogP contribution >= 0.6 is 0 Å². The third kappa shape index (κ3) is 7.36. The van der Waals surface area contributed by atoms with Crippen molar-refractivity contribution in [2.75, 3.05) is 6.61 Å². The van der Waals surface area contributed by atoms with Crippen molar-refractivity contribution in [1.29, 1.82) is 0 Å². The van der Waals surface area contributed by atoms with E-state index in [-0.39, 0.29) is 5.57 Å². The second kappa shape index (κ2) is 13.6. The zero-order valence-electron chi connectivity index (χ0n) is 22.9. The number of carbonyl (C=O) groups is 2. The maximum absolute atomic E-state index is 12.1. The Balaban J connectivity index is 1.48. The Bertz CT molecular complexity index is 1190. The molecule has 0 amide bonds. The maximum atomic E-state index is 12.1. The fourth-order valence-electron chi connectivity index (χ4n) is 6.23. The van der Waals surface area contributed by atoms with Crippen LogP contribution in [-0.2, 0) is 9.59 Å². The summed E-state index contributed by atoms with van der Waals surface area (Å²) in [7, 11) is 0. The third-order valence-corrected chi connectivity index (χ3v) is 8.42. The molecule has 2 aliphatic rings. The highest BCUT2D eigenvalue weighted by Gasteiger charge is 2.32. The Kier molecular flexibility index (Phi) is 9.94. The molecule has 4 rings (SSSR count). The average molecular weight is 529 g/mol. The van der Waals surface area contributed by atoms with E-state index in [4.69, 9.17) is 14.6 Å². The van der Waals surface area contributed by atoms with Gasteiger partial charge in [-0.05, 0) is 123 Å². The van der Waals surface area contributed by atoms with Crippen LogP contribution in [0, 0.1) is 17.8 Å². The Morgan fingerprint density at radius 1 is 0.897 bits per heavy atom. The first kappa shape index (κ1) is 28.6. The molecule has 206 valence electrons. The van der Waals surface area contributed by atoms with Gasteiger partial charge in [-0.3, -0.25) is 0 Å². The lowest BCUT2D eigenvalue weighted by Crippen LogP contribution is -2.25. The predicted molar refractivity (Wildman–Crippen MR) is 155 cm³/mol. The summed E-state index contributed by atoms with van der Waals surface area (Å²) < 4.78 is 10.9. The Hall–Kier alpha value is -3.44. The molecule has 2 aliphatic carbocycles. The van der Waals surface area contributed by atoms with Crippen molar-refractivity contribution in [3.05, 3.63) is 85.0 Å². The van der Waals surface area contributed by atoms with Gasteiger partial charge in [0.25, 0.3) is 0 Å². The van der Waals surface area contributed by atoms with E-state index in [1.165, 1.54) is 44.6 Å². The van der Waals surface area contributed by atoms with E-state index in [2.05, 4.69) is 38.3 Å². The molecule has 5 heteroatoms. The zero-order chi connectivity index (χ0) is 27.8. The van der Waals surface area contributed by atoms with Crippen LogP contribution in [0.25, 0.3) is 11.1 Å². The standard InChI is InChI=1S/C34H40O5/c1-4-6-24-7-9-25(10-8-24)26-11-13-28(14-12-26)31-21-29(17-20-32(31)39-33(36)5-2)27-15-18-30(19-16-27)38-34(37)23(3)22-35/h4-6,15-21,24-26,28,35H,2-3,7-14,22H2,1H3/b6-4+. The van der Waals surface area contributed by atoms with Gasteiger partial charge in [-0.2, -0.15) is 0 Å². The molecule has 2 aromatic rings. The van der Waals surface area contributed by atoms with Gasteiger partial charge in [0.05, 0.1) is 12.2 Å². The average Bonchev–Trinajstić information content (AvgIpc) is 2.98. The summed E-state index contributed by atoms with van der Waals surface area (Å²) in [6.07, 6.45) is 15.7. The lowest BCUT2D eigenvalue weighted by Gasteiger charge is -2.37. The van der Waals surface area contributed by atoms with Crippen molar-refractivity contribution in [1.82, 2.24) is 0 Å². The monoisotopic (exact) mass is 528 g/mol. The molecule has 2 aromatic carbocycles. The number of esters is 2. The highest BCUT2D eigenvalue weighted by molar-refractivity contribution is 5.89. The highest BCUT2D eigenvalue weighted by atomic mass is 16.5. The van der Waals surface area contributed by atoms with Crippen molar-refractivity contribution < 1.29 is 24.2 Å². The van der Waals surface area contributed by atoms with Crippen molar-refractivity contribution in [3.8, 4) is 22.6 Å². The van der Waals surface area contributed by atoms with Gasteiger partial charge in [0.1, 0.15) is 11.5 Å². The summed E-state index contributed by atoms with van der Waals surface area (Å²) >= 11 is 0. The van der Waals surface area contributed by atoms with Crippen molar-refractivity contribution >= 4 is 11.9 Å². The summed E-state index contributed by atoms with van der Waals surface area (Å²) in [6.45, 7) is 8.72. The molecule has 0 unspecified atom stereocenters. The molecule has 0 saturated heterocycles. The minimum Gasteiger partial charge on any atom is -0.423 e. The molecular weight excluding hydrogens is 488 g/mol. The van der Waals surface area contributed by atoms with Gasteiger partial charge in [0.15, 0.2) is 0 Å². The number of ether oxygens (including phenoxy) is 2. The fourth-order valence-corrected chi connectivity index (χ4v) is 6.23. The van der Waals surface area contributed by atoms with Crippen LogP contribution in [0.1, 0.15) is 69.8 Å². The van der Waals surface area contributed by atoms with E-state index >= 15 is 0 Å². The second-order valence-corrected chi connectivity index (χ2v) is 10.9. The van der Waals surface area contributed by atoms with Crippen LogP contribution in [0.2, 0.25) is 0 Å². The highest BCUT2D eigenvalue weighted by Crippen LogP contribution is 2.46. The Labute approximate surface area is 232 Å². The largest absolute Gasteiger partial charge is 0.423 e. The number of rotatable bonds is 9. The van der Waals surface area contributed by atoms with Crippen LogP contribution in [0.5, 0.6) is 11.5 Å². The van der Waals surface area contributed by atoms with Gasteiger partial charge in [-0.25, -0.2) is 9.59 Å². The van der Waals surface area contributed by atoms with Gasteiger partial charge in [-0.1, -0.05) is 43.5 Å². The SMILES string of the molecule is C=CC(=O)Oc1ccc(-c2ccc(OC(=O)C(=C)CO)cc2)cc1C1CCC(C2CCC(/C=C/C)CC2)CC1. The molecule has 0 atom stereocenters. The first-order valence-electron chi connectivity index (χ1n) is 14.1. The number of aliphatic hydroxyl groups excluding tert-OH is 1.